The second-order valence-electron chi connectivity index (χ2n) is 5.74. The van der Waals surface area contributed by atoms with Crippen molar-refractivity contribution in [3.05, 3.63) is 71.3 Å². The maximum atomic E-state index is 12.0. The molecule has 0 aliphatic heterocycles. The SMILES string of the molecule is O=C1C(=Cc2ccc(OCc3ccccc3)cc2)CCCC1Cl. The molecule has 0 N–H and O–H groups in total. The van der Waals surface area contributed by atoms with Crippen molar-refractivity contribution >= 4 is 23.5 Å². The van der Waals surface area contributed by atoms with Crippen molar-refractivity contribution < 1.29 is 9.53 Å². The van der Waals surface area contributed by atoms with Crippen LogP contribution in [0.2, 0.25) is 0 Å². The number of hydrogen-bond acceptors (Lipinski definition) is 2. The van der Waals surface area contributed by atoms with Gasteiger partial charge in [-0.05, 0) is 54.2 Å². The van der Waals surface area contributed by atoms with Crippen molar-refractivity contribution in [2.45, 2.75) is 31.2 Å². The molecular formula is C20H19ClO2. The Kier molecular flexibility index (Phi) is 5.14. The van der Waals surface area contributed by atoms with Gasteiger partial charge >= 0.3 is 0 Å². The molecule has 23 heavy (non-hydrogen) atoms. The van der Waals surface area contributed by atoms with E-state index in [-0.39, 0.29) is 11.2 Å². The maximum absolute atomic E-state index is 12.0. The van der Waals surface area contributed by atoms with E-state index < -0.39 is 0 Å². The molecule has 0 amide bonds. The molecule has 0 spiro atoms. The Labute approximate surface area is 141 Å². The first-order chi connectivity index (χ1) is 11.2. The van der Waals surface area contributed by atoms with Crippen molar-refractivity contribution in [2.75, 3.05) is 0 Å². The highest BCUT2D eigenvalue weighted by Crippen LogP contribution is 2.26. The second kappa shape index (κ2) is 7.47. The van der Waals surface area contributed by atoms with E-state index in [9.17, 15) is 4.79 Å². The summed E-state index contributed by atoms with van der Waals surface area (Å²) >= 11 is 6.04. The molecule has 1 atom stereocenters. The summed E-state index contributed by atoms with van der Waals surface area (Å²) in [6.07, 6.45) is 4.51. The summed E-state index contributed by atoms with van der Waals surface area (Å²) in [6.45, 7) is 0.549. The molecule has 1 aliphatic rings. The second-order valence-corrected chi connectivity index (χ2v) is 6.26. The first kappa shape index (κ1) is 15.8. The van der Waals surface area contributed by atoms with Crippen molar-refractivity contribution in [2.24, 2.45) is 0 Å². The Hall–Kier alpha value is -2.06. The number of Topliss-reactive ketones (excluding diaryl/α,β-unsaturated/α-hetero) is 1. The Morgan fingerprint density at radius 2 is 1.83 bits per heavy atom. The molecule has 118 valence electrons. The lowest BCUT2D eigenvalue weighted by Gasteiger charge is -2.17. The number of halogens is 1. The van der Waals surface area contributed by atoms with Gasteiger partial charge in [0.15, 0.2) is 5.78 Å². The summed E-state index contributed by atoms with van der Waals surface area (Å²) in [5, 5.41) is -0.358. The smallest absolute Gasteiger partial charge is 0.176 e. The molecular weight excluding hydrogens is 308 g/mol. The topological polar surface area (TPSA) is 26.3 Å². The fourth-order valence-electron chi connectivity index (χ4n) is 2.67. The Morgan fingerprint density at radius 1 is 1.09 bits per heavy atom. The third kappa shape index (κ3) is 4.23. The summed E-state index contributed by atoms with van der Waals surface area (Å²) in [6, 6.07) is 17.9. The molecule has 0 bridgehead atoms. The zero-order chi connectivity index (χ0) is 16.1. The van der Waals surface area contributed by atoms with Crippen LogP contribution in [-0.2, 0) is 11.4 Å². The van der Waals surface area contributed by atoms with Crippen LogP contribution in [0, 0.1) is 0 Å². The molecule has 2 aromatic rings. The lowest BCUT2D eigenvalue weighted by atomic mass is 9.91. The van der Waals surface area contributed by atoms with Crippen LogP contribution in [0.5, 0.6) is 5.75 Å². The van der Waals surface area contributed by atoms with Crippen LogP contribution in [0.4, 0.5) is 0 Å². The molecule has 1 saturated carbocycles. The third-order valence-electron chi connectivity index (χ3n) is 3.97. The van der Waals surface area contributed by atoms with Crippen LogP contribution < -0.4 is 4.74 Å². The van der Waals surface area contributed by atoms with E-state index in [1.807, 2.05) is 60.7 Å². The van der Waals surface area contributed by atoms with Gasteiger partial charge in [0.2, 0.25) is 0 Å². The number of carbonyl (C=O) groups is 1. The first-order valence-electron chi connectivity index (χ1n) is 7.88. The highest BCUT2D eigenvalue weighted by Gasteiger charge is 2.24. The number of benzene rings is 2. The van der Waals surface area contributed by atoms with Gasteiger partial charge in [-0.15, -0.1) is 11.6 Å². The summed E-state index contributed by atoms with van der Waals surface area (Å²) in [5.74, 6) is 0.892. The predicted octanol–water partition coefficient (Wildman–Crippen LogP) is 5.01. The van der Waals surface area contributed by atoms with E-state index in [1.54, 1.807) is 0 Å². The van der Waals surface area contributed by atoms with Crippen LogP contribution in [0.1, 0.15) is 30.4 Å². The quantitative estimate of drug-likeness (QED) is 0.583. The Balaban J connectivity index is 1.64. The monoisotopic (exact) mass is 326 g/mol. The van der Waals surface area contributed by atoms with Gasteiger partial charge in [0, 0.05) is 0 Å². The minimum atomic E-state index is -0.358. The molecule has 0 saturated heterocycles. The maximum Gasteiger partial charge on any atom is 0.176 e. The third-order valence-corrected chi connectivity index (χ3v) is 4.39. The lowest BCUT2D eigenvalue weighted by molar-refractivity contribution is -0.116. The van der Waals surface area contributed by atoms with Crippen LogP contribution in [-0.4, -0.2) is 11.2 Å². The van der Waals surface area contributed by atoms with Crippen molar-refractivity contribution in [3.8, 4) is 5.75 Å². The zero-order valence-corrected chi connectivity index (χ0v) is 13.6. The van der Waals surface area contributed by atoms with Gasteiger partial charge in [-0.25, -0.2) is 0 Å². The van der Waals surface area contributed by atoms with Crippen LogP contribution >= 0.6 is 11.6 Å². The summed E-state index contributed by atoms with van der Waals surface area (Å²) < 4.78 is 5.77. The molecule has 0 radical (unpaired) electrons. The van der Waals surface area contributed by atoms with Gasteiger partial charge in [-0.3, -0.25) is 4.79 Å². The van der Waals surface area contributed by atoms with E-state index in [1.165, 1.54) is 0 Å². The fraction of sp³-hybridized carbons (Fsp3) is 0.250. The van der Waals surface area contributed by atoms with Crippen LogP contribution in [0.15, 0.2) is 60.2 Å². The Bertz CT molecular complexity index is 689. The van der Waals surface area contributed by atoms with E-state index >= 15 is 0 Å². The van der Waals surface area contributed by atoms with E-state index in [4.69, 9.17) is 16.3 Å². The predicted molar refractivity (Wildman–Crippen MR) is 93.7 cm³/mol. The Morgan fingerprint density at radius 3 is 2.57 bits per heavy atom. The van der Waals surface area contributed by atoms with Crippen LogP contribution in [0.25, 0.3) is 6.08 Å². The molecule has 1 unspecified atom stereocenters. The molecule has 2 nitrogen and oxygen atoms in total. The molecule has 0 aromatic heterocycles. The van der Waals surface area contributed by atoms with Gasteiger partial charge < -0.3 is 4.74 Å². The van der Waals surface area contributed by atoms with E-state index in [0.717, 1.165) is 41.7 Å². The highest BCUT2D eigenvalue weighted by molar-refractivity contribution is 6.34. The number of alkyl halides is 1. The highest BCUT2D eigenvalue weighted by atomic mass is 35.5. The van der Waals surface area contributed by atoms with E-state index in [2.05, 4.69) is 0 Å². The van der Waals surface area contributed by atoms with E-state index in [0.29, 0.717) is 6.61 Å². The van der Waals surface area contributed by atoms with Crippen LogP contribution in [0.3, 0.4) is 0 Å². The fourth-order valence-corrected chi connectivity index (χ4v) is 2.97. The van der Waals surface area contributed by atoms with Crippen molar-refractivity contribution in [1.29, 1.82) is 0 Å². The number of ketones is 1. The van der Waals surface area contributed by atoms with Crippen molar-refractivity contribution in [3.63, 3.8) is 0 Å². The standard InChI is InChI=1S/C20H19ClO2/c21-19-8-4-7-17(20(19)22)13-15-9-11-18(12-10-15)23-14-16-5-2-1-3-6-16/h1-3,5-6,9-13,19H,4,7-8,14H2. The van der Waals surface area contributed by atoms with Crippen molar-refractivity contribution in [1.82, 2.24) is 0 Å². The molecule has 2 aromatic carbocycles. The average molecular weight is 327 g/mol. The zero-order valence-electron chi connectivity index (χ0n) is 12.9. The van der Waals surface area contributed by atoms with Gasteiger partial charge in [0.05, 0.1) is 5.38 Å². The minimum Gasteiger partial charge on any atom is -0.489 e. The molecule has 0 heterocycles. The summed E-state index contributed by atoms with van der Waals surface area (Å²) in [5.41, 5.74) is 2.97. The number of hydrogen-bond donors (Lipinski definition) is 0. The number of allylic oxidation sites excluding steroid dienone is 1. The van der Waals surface area contributed by atoms with Gasteiger partial charge in [-0.2, -0.15) is 0 Å². The molecule has 1 fully saturated rings. The normalized spacial score (nSPS) is 19.8. The molecule has 1 aliphatic carbocycles. The largest absolute Gasteiger partial charge is 0.489 e. The summed E-state index contributed by atoms with van der Waals surface area (Å²) in [4.78, 5) is 12.0. The first-order valence-corrected chi connectivity index (χ1v) is 8.32. The minimum absolute atomic E-state index is 0.0716. The number of ether oxygens (including phenoxy) is 1. The average Bonchev–Trinajstić information content (AvgIpc) is 2.59. The summed E-state index contributed by atoms with van der Waals surface area (Å²) in [7, 11) is 0. The van der Waals surface area contributed by atoms with Gasteiger partial charge in [-0.1, -0.05) is 42.5 Å². The van der Waals surface area contributed by atoms with Gasteiger partial charge in [0.25, 0.3) is 0 Å². The molecule has 3 heteroatoms. The molecule has 3 rings (SSSR count). The lowest BCUT2D eigenvalue weighted by Crippen LogP contribution is -2.21. The number of rotatable bonds is 4. The van der Waals surface area contributed by atoms with Gasteiger partial charge in [0.1, 0.15) is 12.4 Å². The number of carbonyl (C=O) groups excluding carboxylic acids is 1.